The van der Waals surface area contributed by atoms with Gasteiger partial charge in [0.2, 0.25) is 0 Å². The molecule has 0 unspecified atom stereocenters. The monoisotopic (exact) mass is 303 g/mol. The van der Waals surface area contributed by atoms with E-state index in [2.05, 4.69) is 25.7 Å². The van der Waals surface area contributed by atoms with Crippen molar-refractivity contribution in [3.05, 3.63) is 72.1 Å². The second-order valence-electron chi connectivity index (χ2n) is 5.21. The molecule has 5 nitrogen and oxygen atoms in total. The number of aromatic nitrogens is 3. The Labute approximate surface area is 135 Å². The molecule has 0 saturated heterocycles. The predicted octanol–water partition coefficient (Wildman–Crippen LogP) is 3.68. The Morgan fingerprint density at radius 3 is 2.65 bits per heavy atom. The van der Waals surface area contributed by atoms with Gasteiger partial charge in [0, 0.05) is 5.56 Å². The van der Waals surface area contributed by atoms with E-state index in [-0.39, 0.29) is 0 Å². The quantitative estimate of drug-likeness (QED) is 0.590. The van der Waals surface area contributed by atoms with Crippen molar-refractivity contribution in [2.75, 3.05) is 5.43 Å². The molecule has 114 valence electrons. The highest BCUT2D eigenvalue weighted by Crippen LogP contribution is 2.13. The maximum Gasteiger partial charge on any atom is 0.182 e. The number of hydrogen-bond donors (Lipinski definition) is 1. The van der Waals surface area contributed by atoms with Gasteiger partial charge in [-0.15, -0.1) is 5.10 Å². The third-order valence-electron chi connectivity index (χ3n) is 3.33. The molecule has 2 aromatic carbocycles. The van der Waals surface area contributed by atoms with Crippen LogP contribution in [-0.4, -0.2) is 20.9 Å². The first-order valence-electron chi connectivity index (χ1n) is 7.35. The Bertz CT molecular complexity index is 828. The van der Waals surface area contributed by atoms with Gasteiger partial charge >= 0.3 is 0 Å². The van der Waals surface area contributed by atoms with Gasteiger partial charge in [-0.2, -0.15) is 10.2 Å². The molecule has 1 N–H and O–H groups in total. The van der Waals surface area contributed by atoms with Crippen LogP contribution >= 0.6 is 0 Å². The molecule has 0 fully saturated rings. The maximum atomic E-state index is 4.53. The van der Waals surface area contributed by atoms with Gasteiger partial charge in [0.05, 0.1) is 17.6 Å². The fraction of sp³-hybridized carbons (Fsp3) is 0.111. The molecule has 0 amide bonds. The lowest BCUT2D eigenvalue weighted by Crippen LogP contribution is -2.05. The summed E-state index contributed by atoms with van der Waals surface area (Å²) in [7, 11) is 0. The Morgan fingerprint density at radius 1 is 1.04 bits per heavy atom. The molecular weight excluding hydrogens is 286 g/mol. The highest BCUT2D eigenvalue weighted by molar-refractivity contribution is 5.97. The van der Waals surface area contributed by atoms with Crippen molar-refractivity contribution in [1.82, 2.24) is 15.2 Å². The Morgan fingerprint density at radius 2 is 1.87 bits per heavy atom. The van der Waals surface area contributed by atoms with Crippen LogP contribution in [0.5, 0.6) is 0 Å². The van der Waals surface area contributed by atoms with E-state index in [0.29, 0.717) is 11.5 Å². The molecule has 0 radical (unpaired) electrons. The molecule has 0 atom stereocenters. The molecule has 0 aliphatic heterocycles. The highest BCUT2D eigenvalue weighted by atomic mass is 15.3. The number of benzene rings is 2. The van der Waals surface area contributed by atoms with Crippen molar-refractivity contribution in [3.8, 4) is 11.4 Å². The van der Waals surface area contributed by atoms with E-state index >= 15 is 0 Å². The average Bonchev–Trinajstić information content (AvgIpc) is 2.61. The van der Waals surface area contributed by atoms with Gasteiger partial charge in [-0.1, -0.05) is 42.5 Å². The van der Waals surface area contributed by atoms with E-state index in [0.717, 1.165) is 17.0 Å². The molecule has 0 aliphatic rings. The molecule has 0 spiro atoms. The minimum atomic E-state index is 0.591. The van der Waals surface area contributed by atoms with Crippen molar-refractivity contribution in [2.24, 2.45) is 5.10 Å². The van der Waals surface area contributed by atoms with Crippen molar-refractivity contribution >= 4 is 11.4 Å². The van der Waals surface area contributed by atoms with E-state index in [1.165, 1.54) is 5.56 Å². The summed E-state index contributed by atoms with van der Waals surface area (Å²) in [6, 6.07) is 17.8. The third kappa shape index (κ3) is 3.77. The van der Waals surface area contributed by atoms with Crippen molar-refractivity contribution < 1.29 is 0 Å². The van der Waals surface area contributed by atoms with Crippen molar-refractivity contribution in [3.63, 3.8) is 0 Å². The SMILES string of the molecule is CC(=NNc1cccc(C)c1)c1cnnc(-c2ccccc2)n1. The van der Waals surface area contributed by atoms with Crippen LogP contribution < -0.4 is 5.43 Å². The van der Waals surface area contributed by atoms with Gasteiger partial charge in [0.1, 0.15) is 5.69 Å². The number of nitrogens with one attached hydrogen (secondary N) is 1. The van der Waals surface area contributed by atoms with Crippen molar-refractivity contribution in [1.29, 1.82) is 0 Å². The fourth-order valence-corrected chi connectivity index (χ4v) is 2.11. The Hall–Kier alpha value is -3.08. The maximum absolute atomic E-state index is 4.53. The zero-order valence-corrected chi connectivity index (χ0v) is 13.1. The smallest absolute Gasteiger partial charge is 0.182 e. The minimum Gasteiger partial charge on any atom is -0.278 e. The van der Waals surface area contributed by atoms with Crippen LogP contribution in [0.4, 0.5) is 5.69 Å². The van der Waals surface area contributed by atoms with Crippen LogP contribution in [0.3, 0.4) is 0 Å². The second kappa shape index (κ2) is 6.79. The van der Waals surface area contributed by atoms with E-state index in [1.54, 1.807) is 6.20 Å². The summed E-state index contributed by atoms with van der Waals surface area (Å²) in [5.41, 5.74) is 7.53. The van der Waals surface area contributed by atoms with E-state index < -0.39 is 0 Å². The molecule has 3 rings (SSSR count). The number of rotatable bonds is 4. The molecule has 0 bridgehead atoms. The molecule has 1 aromatic heterocycles. The lowest BCUT2D eigenvalue weighted by Gasteiger charge is -2.05. The van der Waals surface area contributed by atoms with Gasteiger partial charge in [-0.3, -0.25) is 5.43 Å². The fourth-order valence-electron chi connectivity index (χ4n) is 2.11. The summed E-state index contributed by atoms with van der Waals surface area (Å²) in [5, 5.41) is 12.5. The number of anilines is 1. The van der Waals surface area contributed by atoms with Gasteiger partial charge in [-0.25, -0.2) is 4.98 Å². The third-order valence-corrected chi connectivity index (χ3v) is 3.33. The van der Waals surface area contributed by atoms with E-state index in [4.69, 9.17) is 0 Å². The first kappa shape index (κ1) is 14.8. The molecule has 3 aromatic rings. The van der Waals surface area contributed by atoms with Crippen LogP contribution in [0.15, 0.2) is 65.9 Å². The zero-order valence-electron chi connectivity index (χ0n) is 13.1. The summed E-state index contributed by atoms with van der Waals surface area (Å²) in [6.45, 7) is 3.93. The van der Waals surface area contributed by atoms with Gasteiger partial charge in [0.25, 0.3) is 0 Å². The van der Waals surface area contributed by atoms with Gasteiger partial charge in [0.15, 0.2) is 5.82 Å². The van der Waals surface area contributed by atoms with Crippen LogP contribution in [0.1, 0.15) is 18.2 Å². The normalized spacial score (nSPS) is 11.3. The molecule has 23 heavy (non-hydrogen) atoms. The van der Waals surface area contributed by atoms with Gasteiger partial charge in [-0.05, 0) is 31.5 Å². The topological polar surface area (TPSA) is 63.1 Å². The van der Waals surface area contributed by atoms with Crippen molar-refractivity contribution in [2.45, 2.75) is 13.8 Å². The predicted molar refractivity (Wildman–Crippen MR) is 92.3 cm³/mol. The Balaban J connectivity index is 1.82. The molecule has 1 heterocycles. The number of aryl methyl sites for hydroxylation is 1. The van der Waals surface area contributed by atoms with Crippen LogP contribution in [-0.2, 0) is 0 Å². The first-order valence-corrected chi connectivity index (χ1v) is 7.35. The molecule has 5 heteroatoms. The molecule has 0 saturated carbocycles. The lowest BCUT2D eigenvalue weighted by atomic mass is 10.2. The summed E-state index contributed by atoms with van der Waals surface area (Å²) < 4.78 is 0. The first-order chi connectivity index (χ1) is 11.2. The Kier molecular flexibility index (Phi) is 4.38. The van der Waals surface area contributed by atoms with Crippen LogP contribution in [0, 0.1) is 6.92 Å². The average molecular weight is 303 g/mol. The van der Waals surface area contributed by atoms with E-state index in [1.807, 2.05) is 68.4 Å². The molecular formula is C18H17N5. The number of hydrazone groups is 1. The molecule has 0 aliphatic carbocycles. The summed E-state index contributed by atoms with van der Waals surface area (Å²) in [6.07, 6.45) is 1.61. The highest BCUT2D eigenvalue weighted by Gasteiger charge is 2.05. The number of nitrogens with zero attached hydrogens (tertiary/aromatic N) is 4. The summed E-state index contributed by atoms with van der Waals surface area (Å²) in [4.78, 5) is 4.53. The summed E-state index contributed by atoms with van der Waals surface area (Å²) >= 11 is 0. The van der Waals surface area contributed by atoms with Crippen LogP contribution in [0.2, 0.25) is 0 Å². The second-order valence-corrected chi connectivity index (χ2v) is 5.21. The van der Waals surface area contributed by atoms with Crippen LogP contribution in [0.25, 0.3) is 11.4 Å². The lowest BCUT2D eigenvalue weighted by molar-refractivity contribution is 0.970. The summed E-state index contributed by atoms with van der Waals surface area (Å²) in [5.74, 6) is 0.591. The standard InChI is InChI=1S/C18H17N5/c1-13-7-6-10-16(11-13)22-21-14(2)17-12-19-23-18(20-17)15-8-4-3-5-9-15/h3-12,22H,1-2H3. The minimum absolute atomic E-state index is 0.591. The largest absolute Gasteiger partial charge is 0.278 e. The van der Waals surface area contributed by atoms with E-state index in [9.17, 15) is 0 Å². The van der Waals surface area contributed by atoms with Gasteiger partial charge < -0.3 is 0 Å². The zero-order chi connectivity index (χ0) is 16.1. The number of hydrogen-bond acceptors (Lipinski definition) is 5.